The summed E-state index contributed by atoms with van der Waals surface area (Å²) < 4.78 is 12.9. The molecule has 170 valence electrons. The summed E-state index contributed by atoms with van der Waals surface area (Å²) in [6.45, 7) is 6.43. The molecule has 0 amide bonds. The Morgan fingerprint density at radius 1 is 1.03 bits per heavy atom. The van der Waals surface area contributed by atoms with Crippen LogP contribution in [0.1, 0.15) is 31.9 Å². The largest absolute Gasteiger partial charge is 0.485 e. The SMILES string of the molecule is C/C=c1/oc2c(-c3ccc4c(c3)NC3/C=C\c5cccc(c5)CC3O4)cccc2/c1=C/C(C)C. The van der Waals surface area contributed by atoms with E-state index in [0.29, 0.717) is 5.92 Å². The molecule has 34 heavy (non-hydrogen) atoms. The van der Waals surface area contributed by atoms with Crippen LogP contribution in [0.15, 0.2) is 71.2 Å². The van der Waals surface area contributed by atoms with Gasteiger partial charge < -0.3 is 14.5 Å². The van der Waals surface area contributed by atoms with Gasteiger partial charge in [0.25, 0.3) is 0 Å². The molecule has 2 unspecified atom stereocenters. The first-order valence-corrected chi connectivity index (χ1v) is 12.1. The smallest absolute Gasteiger partial charge is 0.143 e. The van der Waals surface area contributed by atoms with Crippen LogP contribution in [0, 0.1) is 5.92 Å². The van der Waals surface area contributed by atoms with Crippen LogP contribution >= 0.6 is 0 Å². The van der Waals surface area contributed by atoms with Gasteiger partial charge in [-0.15, -0.1) is 0 Å². The Morgan fingerprint density at radius 3 is 2.76 bits per heavy atom. The van der Waals surface area contributed by atoms with Crippen molar-refractivity contribution >= 4 is 34.9 Å². The maximum absolute atomic E-state index is 6.48. The van der Waals surface area contributed by atoms with Crippen molar-refractivity contribution < 1.29 is 9.15 Å². The molecule has 0 saturated heterocycles. The Balaban J connectivity index is 1.42. The highest BCUT2D eigenvalue weighted by Crippen LogP contribution is 2.38. The van der Waals surface area contributed by atoms with Crippen LogP contribution in [0.4, 0.5) is 5.69 Å². The van der Waals surface area contributed by atoms with Crippen molar-refractivity contribution in [2.24, 2.45) is 5.92 Å². The molecule has 6 rings (SSSR count). The minimum absolute atomic E-state index is 0.0652. The zero-order valence-corrected chi connectivity index (χ0v) is 19.8. The summed E-state index contributed by atoms with van der Waals surface area (Å²) in [6.07, 6.45) is 9.69. The molecule has 0 saturated carbocycles. The third kappa shape index (κ3) is 3.62. The zero-order valence-electron chi connectivity index (χ0n) is 19.8. The zero-order chi connectivity index (χ0) is 23.2. The van der Waals surface area contributed by atoms with Crippen LogP contribution in [-0.4, -0.2) is 12.1 Å². The second kappa shape index (κ2) is 8.25. The molecule has 1 N–H and O–H groups in total. The summed E-state index contributed by atoms with van der Waals surface area (Å²) in [4.78, 5) is 0. The normalized spacial score (nSPS) is 20.8. The van der Waals surface area contributed by atoms with Gasteiger partial charge in [-0.1, -0.05) is 80.6 Å². The van der Waals surface area contributed by atoms with Crippen molar-refractivity contribution in [1.82, 2.24) is 0 Å². The lowest BCUT2D eigenvalue weighted by molar-refractivity contribution is 0.184. The molecular formula is C31H29NO2. The van der Waals surface area contributed by atoms with E-state index < -0.39 is 0 Å². The summed E-state index contributed by atoms with van der Waals surface area (Å²) in [5.74, 6) is 1.35. The van der Waals surface area contributed by atoms with Crippen molar-refractivity contribution in [2.75, 3.05) is 5.32 Å². The number of furan rings is 1. The van der Waals surface area contributed by atoms with Gasteiger partial charge in [-0.3, -0.25) is 0 Å². The van der Waals surface area contributed by atoms with Gasteiger partial charge in [-0.2, -0.15) is 0 Å². The first-order chi connectivity index (χ1) is 16.6. The Bertz CT molecular complexity index is 1540. The van der Waals surface area contributed by atoms with Crippen LogP contribution in [-0.2, 0) is 6.42 Å². The molecule has 1 aliphatic carbocycles. The lowest BCUT2D eigenvalue weighted by atomic mass is 9.94. The van der Waals surface area contributed by atoms with E-state index in [-0.39, 0.29) is 12.1 Å². The molecule has 3 aromatic carbocycles. The maximum Gasteiger partial charge on any atom is 0.143 e. The van der Waals surface area contributed by atoms with E-state index in [1.165, 1.54) is 16.3 Å². The summed E-state index contributed by atoms with van der Waals surface area (Å²) in [5.41, 5.74) is 7.64. The molecule has 1 aliphatic heterocycles. The minimum atomic E-state index is 0.0652. The lowest BCUT2D eigenvalue weighted by Crippen LogP contribution is -2.41. The van der Waals surface area contributed by atoms with Gasteiger partial charge >= 0.3 is 0 Å². The Labute approximate surface area is 200 Å². The molecule has 1 aromatic heterocycles. The number of hydrogen-bond donors (Lipinski definition) is 1. The monoisotopic (exact) mass is 447 g/mol. The lowest BCUT2D eigenvalue weighted by Gasteiger charge is -2.34. The molecule has 4 aromatic rings. The molecular weight excluding hydrogens is 418 g/mol. The standard InChI is InChI=1S/C31H29NO2/c1-4-28-25(15-19(2)3)24-10-6-9-23(31(24)34-28)22-12-14-29-27(18-22)32-26-13-11-20-7-5-8-21(16-20)17-30(26)33-29/h4-16,18-19,26,30,32H,17H2,1-3H3/b13-11-,25-15-,28-4+. The highest BCUT2D eigenvalue weighted by atomic mass is 16.5. The van der Waals surface area contributed by atoms with Crippen LogP contribution in [0.5, 0.6) is 5.75 Å². The van der Waals surface area contributed by atoms with E-state index in [0.717, 1.165) is 45.4 Å². The fourth-order valence-electron chi connectivity index (χ4n) is 5.14. The number of hydrogen-bond acceptors (Lipinski definition) is 3. The van der Waals surface area contributed by atoms with E-state index in [2.05, 4.69) is 104 Å². The van der Waals surface area contributed by atoms with E-state index in [4.69, 9.17) is 9.15 Å². The topological polar surface area (TPSA) is 34.4 Å². The predicted octanol–water partition coefficient (Wildman–Crippen LogP) is 6.15. The molecule has 2 atom stereocenters. The maximum atomic E-state index is 6.48. The number of fused-ring (bicyclic) bond motifs is 5. The van der Waals surface area contributed by atoms with E-state index in [1.54, 1.807) is 0 Å². The number of rotatable bonds is 2. The highest BCUT2D eigenvalue weighted by molar-refractivity contribution is 5.94. The molecule has 2 aliphatic rings. The van der Waals surface area contributed by atoms with Gasteiger partial charge in [-0.05, 0) is 47.7 Å². The van der Waals surface area contributed by atoms with Gasteiger partial charge in [0, 0.05) is 22.6 Å². The molecule has 2 bridgehead atoms. The summed E-state index contributed by atoms with van der Waals surface area (Å²) >= 11 is 0. The number of benzene rings is 3. The summed E-state index contributed by atoms with van der Waals surface area (Å²) in [6, 6.07) is 21.6. The third-order valence-corrected chi connectivity index (χ3v) is 6.72. The van der Waals surface area contributed by atoms with Gasteiger partial charge in [-0.25, -0.2) is 0 Å². The molecule has 0 radical (unpaired) electrons. The molecule has 3 nitrogen and oxygen atoms in total. The van der Waals surface area contributed by atoms with Gasteiger partial charge in [0.15, 0.2) is 0 Å². The Morgan fingerprint density at radius 2 is 1.91 bits per heavy atom. The Kier molecular flexibility index (Phi) is 5.06. The number of ether oxygens (including phenoxy) is 1. The van der Waals surface area contributed by atoms with Gasteiger partial charge in [0.2, 0.25) is 0 Å². The van der Waals surface area contributed by atoms with E-state index in [1.807, 2.05) is 6.92 Å². The van der Waals surface area contributed by atoms with Crippen molar-refractivity contribution in [3.05, 3.63) is 88.5 Å². The highest BCUT2D eigenvalue weighted by Gasteiger charge is 2.29. The molecule has 0 fully saturated rings. The fourth-order valence-corrected chi connectivity index (χ4v) is 5.14. The van der Waals surface area contributed by atoms with Crippen LogP contribution in [0.3, 0.4) is 0 Å². The summed E-state index contributed by atoms with van der Waals surface area (Å²) in [5, 5.41) is 6.07. The van der Waals surface area contributed by atoms with Crippen molar-refractivity contribution in [2.45, 2.75) is 39.3 Å². The van der Waals surface area contributed by atoms with Crippen LogP contribution in [0.2, 0.25) is 0 Å². The molecule has 3 heteroatoms. The van der Waals surface area contributed by atoms with Crippen molar-refractivity contribution in [3.8, 4) is 16.9 Å². The molecule has 2 heterocycles. The Hall–Kier alpha value is -3.72. The first-order valence-electron chi connectivity index (χ1n) is 12.1. The second-order valence-electron chi connectivity index (χ2n) is 9.61. The van der Waals surface area contributed by atoms with E-state index >= 15 is 0 Å². The molecule has 0 spiro atoms. The number of anilines is 1. The summed E-state index contributed by atoms with van der Waals surface area (Å²) in [7, 11) is 0. The number of nitrogens with one attached hydrogen (secondary N) is 1. The fraction of sp³-hybridized carbons (Fsp3) is 0.226. The first kappa shape index (κ1) is 20.9. The predicted molar refractivity (Wildman–Crippen MR) is 141 cm³/mol. The van der Waals surface area contributed by atoms with Gasteiger partial charge in [0.05, 0.1) is 11.7 Å². The average Bonchev–Trinajstić information content (AvgIpc) is 3.19. The van der Waals surface area contributed by atoms with Crippen LogP contribution < -0.4 is 20.7 Å². The van der Waals surface area contributed by atoms with Crippen molar-refractivity contribution in [3.63, 3.8) is 0 Å². The van der Waals surface area contributed by atoms with E-state index in [9.17, 15) is 0 Å². The second-order valence-corrected chi connectivity index (χ2v) is 9.61. The average molecular weight is 448 g/mol. The minimum Gasteiger partial charge on any atom is -0.485 e. The quantitative estimate of drug-likeness (QED) is 0.400. The van der Waals surface area contributed by atoms with Gasteiger partial charge in [0.1, 0.15) is 22.9 Å². The van der Waals surface area contributed by atoms with Crippen LogP contribution in [0.25, 0.3) is 40.3 Å². The number of para-hydroxylation sites is 1. The third-order valence-electron chi connectivity index (χ3n) is 6.72. The van der Waals surface area contributed by atoms with Crippen molar-refractivity contribution in [1.29, 1.82) is 0 Å².